The number of hydrogen-bond donors (Lipinski definition) is 13. The molecule has 4 fully saturated rings. The van der Waals surface area contributed by atoms with Gasteiger partial charge in [0.15, 0.2) is 0 Å². The lowest BCUT2D eigenvalue weighted by atomic mass is 9.43. The summed E-state index contributed by atoms with van der Waals surface area (Å²) in [7, 11) is -22.5. The molecule has 24 heteroatoms. The zero-order valence-electron chi connectivity index (χ0n) is 35.7. The summed E-state index contributed by atoms with van der Waals surface area (Å²) in [6.45, 7) is 8.45. The van der Waals surface area contributed by atoms with Crippen LogP contribution in [0.4, 0.5) is 4.79 Å². The van der Waals surface area contributed by atoms with Crippen LogP contribution in [-0.2, 0) is 27.7 Å². The van der Waals surface area contributed by atoms with E-state index in [1.807, 2.05) is 6.92 Å². The highest BCUT2D eigenvalue weighted by molar-refractivity contribution is 7.72. The first kappa shape index (κ1) is 53.3. The van der Waals surface area contributed by atoms with Gasteiger partial charge in [-0.15, -0.1) is 0 Å². The van der Waals surface area contributed by atoms with E-state index in [2.05, 4.69) is 31.4 Å². The van der Waals surface area contributed by atoms with E-state index in [9.17, 15) is 77.5 Å². The highest BCUT2D eigenvalue weighted by Crippen LogP contribution is 2.71. The van der Waals surface area contributed by atoms with Crippen molar-refractivity contribution in [1.29, 1.82) is 0 Å². The van der Waals surface area contributed by atoms with E-state index in [4.69, 9.17) is 9.47 Å². The molecule has 1 amide bonds. The van der Waals surface area contributed by atoms with Crippen LogP contribution in [0, 0.1) is 40.4 Å². The van der Waals surface area contributed by atoms with Crippen molar-refractivity contribution in [2.75, 3.05) is 19.8 Å². The molecule has 4 aliphatic carbocycles. The molecule has 61 heavy (non-hydrogen) atoms. The number of carbonyl (C=O) groups is 1. The molecule has 358 valence electrons. The molecule has 0 radical (unpaired) electrons. The van der Waals surface area contributed by atoms with Crippen molar-refractivity contribution in [3.63, 3.8) is 0 Å². The third-order valence-electron chi connectivity index (χ3n) is 15.3. The van der Waals surface area contributed by atoms with E-state index in [1.54, 1.807) is 0 Å². The first-order valence-corrected chi connectivity index (χ1v) is 28.0. The van der Waals surface area contributed by atoms with Gasteiger partial charge in [0.05, 0.1) is 18.4 Å². The van der Waals surface area contributed by atoms with E-state index in [1.165, 1.54) is 0 Å². The minimum absolute atomic E-state index is 0.00433. The SMILES string of the molecule is CCCCCC[C@](C)(O)[C@H]1CC[C@H]2[C@@H]3C[C@H](OCNCCCC(O)(P(=O)(O)O)P(=O)(O)O)[C@H]4C[C@@H](OC(=O)NCCCC(O)(P(=O)(O)O)P(=O)(O)O)CC[C@]4(C)[C@H]3CC[C@@]21C. The van der Waals surface area contributed by atoms with Crippen LogP contribution < -0.4 is 10.6 Å². The van der Waals surface area contributed by atoms with Crippen LogP contribution in [0.3, 0.4) is 0 Å². The van der Waals surface area contributed by atoms with E-state index in [0.29, 0.717) is 37.5 Å². The number of carbonyl (C=O) groups excluding carboxylic acids is 1. The van der Waals surface area contributed by atoms with Gasteiger partial charge < -0.3 is 69.3 Å². The van der Waals surface area contributed by atoms with Crippen LogP contribution in [-0.4, -0.2) is 108 Å². The van der Waals surface area contributed by atoms with Crippen molar-refractivity contribution in [2.45, 2.75) is 165 Å². The fourth-order valence-corrected chi connectivity index (χ4v) is 16.5. The Balaban J connectivity index is 1.47. The second-order valence-electron chi connectivity index (χ2n) is 19.1. The Kier molecular flexibility index (Phi) is 17.4. The van der Waals surface area contributed by atoms with Gasteiger partial charge in [-0.2, -0.15) is 0 Å². The molecular formula is C37H72N2O18P4. The molecule has 0 bridgehead atoms. The summed E-state index contributed by atoms with van der Waals surface area (Å²) < 4.78 is 59.4. The lowest BCUT2D eigenvalue weighted by Gasteiger charge is -2.63. The summed E-state index contributed by atoms with van der Waals surface area (Å²) in [5.74, 6) is 0.978. The van der Waals surface area contributed by atoms with Crippen LogP contribution in [0.15, 0.2) is 0 Å². The van der Waals surface area contributed by atoms with Crippen molar-refractivity contribution >= 4 is 36.5 Å². The highest BCUT2D eigenvalue weighted by atomic mass is 31.2. The van der Waals surface area contributed by atoms with Gasteiger partial charge in [0.2, 0.25) is 0 Å². The summed E-state index contributed by atoms with van der Waals surface area (Å²) in [6, 6.07) is 0. The molecule has 0 aromatic heterocycles. The van der Waals surface area contributed by atoms with Gasteiger partial charge in [0, 0.05) is 19.4 Å². The molecule has 4 saturated carbocycles. The average Bonchev–Trinajstić information content (AvgIpc) is 3.50. The molecule has 0 aromatic carbocycles. The van der Waals surface area contributed by atoms with Gasteiger partial charge in [0.25, 0.3) is 10.2 Å². The molecule has 0 spiro atoms. The highest BCUT2D eigenvalue weighted by Gasteiger charge is 2.65. The number of nitrogens with one attached hydrogen (secondary N) is 2. The van der Waals surface area contributed by atoms with E-state index < -0.39 is 71.2 Å². The van der Waals surface area contributed by atoms with Crippen molar-refractivity contribution in [3.05, 3.63) is 0 Å². The molecule has 0 heterocycles. The Morgan fingerprint density at radius 1 is 0.672 bits per heavy atom. The smallest absolute Gasteiger partial charge is 0.407 e. The van der Waals surface area contributed by atoms with Gasteiger partial charge in [-0.1, -0.05) is 46.5 Å². The monoisotopic (exact) mass is 956 g/mol. The van der Waals surface area contributed by atoms with Gasteiger partial charge >= 0.3 is 36.5 Å². The lowest BCUT2D eigenvalue weighted by Crippen LogP contribution is -2.60. The molecule has 10 atom stereocenters. The molecule has 0 aromatic rings. The second-order valence-corrected chi connectivity index (χ2v) is 27.1. The van der Waals surface area contributed by atoms with Crippen molar-refractivity contribution in [1.82, 2.24) is 10.6 Å². The summed E-state index contributed by atoms with van der Waals surface area (Å²) >= 11 is 0. The Morgan fingerprint density at radius 2 is 1.21 bits per heavy atom. The quantitative estimate of drug-likeness (QED) is 0.0401. The third kappa shape index (κ3) is 11.4. The summed E-state index contributed by atoms with van der Waals surface area (Å²) in [4.78, 5) is 88.5. The van der Waals surface area contributed by atoms with Crippen LogP contribution in [0.2, 0.25) is 0 Å². The fraction of sp³-hybridized carbons (Fsp3) is 0.973. The summed E-state index contributed by atoms with van der Waals surface area (Å²) in [5.41, 5.74) is -1.11. The molecular weight excluding hydrogens is 884 g/mol. The maximum atomic E-state index is 12.9. The fourth-order valence-electron chi connectivity index (χ4n) is 11.9. The maximum Gasteiger partial charge on any atom is 0.407 e. The Hall–Kier alpha value is -0.330. The first-order chi connectivity index (χ1) is 27.9. The maximum absolute atomic E-state index is 12.9. The second kappa shape index (κ2) is 19.9. The first-order valence-electron chi connectivity index (χ1n) is 21.6. The lowest BCUT2D eigenvalue weighted by molar-refractivity contribution is -0.192. The molecule has 0 unspecified atom stereocenters. The van der Waals surface area contributed by atoms with E-state index in [-0.39, 0.29) is 67.3 Å². The number of rotatable bonds is 22. The van der Waals surface area contributed by atoms with Gasteiger partial charge in [-0.3, -0.25) is 23.6 Å². The third-order valence-corrected chi connectivity index (χ3v) is 23.0. The number of fused-ring (bicyclic) bond motifs is 5. The van der Waals surface area contributed by atoms with Crippen molar-refractivity contribution < 1.29 is 87.0 Å². The Bertz CT molecular complexity index is 1650. The number of unbranched alkanes of at least 4 members (excludes halogenated alkanes) is 3. The standard InChI is InChI=1S/C37H72N2O18P4/c1-5-6-7-8-15-35(4,41)31-12-11-27-26-23-30(56-24-38-20-9-16-36(42,58(44,45)46)59(47,48)49)29-22-25(13-18-33(29,2)28(26)14-19-34(27,31)3)57-32(40)39-21-10-17-37(43,60(50,51)52)61(53,54)55/h25-31,38,41-43H,5-24H2,1-4H3,(H,39,40)(H2,44,45,46)(H2,47,48,49)(H2,50,51,52)(H2,53,54,55)/t25-,26-,27-,28-,29+,30-,31-,33+,34-,35-/m0/s1. The molecule has 20 nitrogen and oxygen atoms in total. The average molecular weight is 957 g/mol. The number of hydrogen-bond acceptors (Lipinski definition) is 11. The minimum Gasteiger partial charge on any atom is -0.446 e. The van der Waals surface area contributed by atoms with Crippen LogP contribution in [0.25, 0.3) is 0 Å². The predicted molar refractivity (Wildman–Crippen MR) is 223 cm³/mol. The normalized spacial score (nSPS) is 32.3. The number of aliphatic hydroxyl groups is 3. The topological polar surface area (TPSA) is 350 Å². The molecule has 0 aliphatic heterocycles. The molecule has 4 rings (SSSR count). The Morgan fingerprint density at radius 3 is 1.77 bits per heavy atom. The molecule has 4 aliphatic rings. The van der Waals surface area contributed by atoms with Crippen LogP contribution in [0.5, 0.6) is 0 Å². The zero-order chi connectivity index (χ0) is 46.1. The van der Waals surface area contributed by atoms with Crippen molar-refractivity contribution in [2.24, 2.45) is 40.4 Å². The summed E-state index contributed by atoms with van der Waals surface area (Å²) in [5, 5.41) is 30.7. The number of ether oxygens (including phenoxy) is 2. The van der Waals surface area contributed by atoms with E-state index in [0.717, 1.165) is 57.8 Å². The minimum atomic E-state index is -5.65. The van der Waals surface area contributed by atoms with E-state index >= 15 is 0 Å². The summed E-state index contributed by atoms with van der Waals surface area (Å²) in [6.07, 6.45) is 7.06. The van der Waals surface area contributed by atoms with Gasteiger partial charge in [0.1, 0.15) is 6.10 Å². The Labute approximate surface area is 358 Å². The predicted octanol–water partition coefficient (Wildman–Crippen LogP) is 4.57. The molecule has 0 saturated heterocycles. The number of alkyl carbamates (subject to hydrolysis) is 1. The zero-order valence-corrected chi connectivity index (χ0v) is 39.3. The number of amides is 1. The van der Waals surface area contributed by atoms with Gasteiger partial charge in [-0.05, 0) is 125 Å². The molecule has 13 N–H and O–H groups in total. The van der Waals surface area contributed by atoms with Crippen LogP contribution in [0.1, 0.15) is 137 Å². The largest absolute Gasteiger partial charge is 0.446 e. The van der Waals surface area contributed by atoms with Crippen molar-refractivity contribution in [3.8, 4) is 0 Å². The van der Waals surface area contributed by atoms with Crippen LogP contribution >= 0.6 is 30.4 Å². The van der Waals surface area contributed by atoms with Gasteiger partial charge in [-0.25, -0.2) is 4.79 Å².